The Morgan fingerprint density at radius 3 is 2.61 bits per heavy atom. The van der Waals surface area contributed by atoms with Gasteiger partial charge in [-0.3, -0.25) is 9.59 Å². The fourth-order valence-electron chi connectivity index (χ4n) is 6.37. The Balaban J connectivity index is 1.33. The zero-order chi connectivity index (χ0) is 31.9. The number of likely N-dealkylation sites (N-methyl/N-ethyl adjacent to an activating group) is 1. The number of hydrogen-bond donors (Lipinski definition) is 1. The molecule has 12 heteroatoms. The van der Waals surface area contributed by atoms with Crippen molar-refractivity contribution < 1.29 is 9.53 Å². The molecule has 238 valence electrons. The van der Waals surface area contributed by atoms with Crippen LogP contribution in [0.25, 0.3) is 27.6 Å². The first kappa shape index (κ1) is 29.6. The maximum atomic E-state index is 13.7. The summed E-state index contributed by atoms with van der Waals surface area (Å²) < 4.78 is 11.3. The second-order valence-electron chi connectivity index (χ2n) is 12.0. The molecule has 5 aromatic rings. The Morgan fingerprint density at radius 2 is 1.83 bits per heavy atom. The van der Waals surface area contributed by atoms with Crippen LogP contribution in [0.1, 0.15) is 20.3 Å². The summed E-state index contributed by atoms with van der Waals surface area (Å²) in [5, 5.41) is 5.05. The number of anilines is 4. The lowest BCUT2D eigenvalue weighted by Crippen LogP contribution is -2.44. The minimum atomic E-state index is -0.197. The molecule has 7 rings (SSSR count). The smallest absolute Gasteiger partial charge is 0.278 e. The van der Waals surface area contributed by atoms with Crippen LogP contribution in [0.4, 0.5) is 23.0 Å². The van der Waals surface area contributed by atoms with Gasteiger partial charge in [0.2, 0.25) is 5.95 Å². The Hall–Kier alpha value is -5.10. The van der Waals surface area contributed by atoms with E-state index < -0.39 is 0 Å². The number of amides is 1. The van der Waals surface area contributed by atoms with E-state index in [1.807, 2.05) is 55.9 Å². The van der Waals surface area contributed by atoms with Crippen molar-refractivity contribution in [3.63, 3.8) is 0 Å². The van der Waals surface area contributed by atoms with Gasteiger partial charge < -0.3 is 29.3 Å². The first-order chi connectivity index (χ1) is 22.4. The molecule has 3 aromatic heterocycles. The maximum absolute atomic E-state index is 13.7. The van der Waals surface area contributed by atoms with E-state index in [0.717, 1.165) is 43.8 Å². The molecule has 0 bridgehead atoms. The molecule has 0 atom stereocenters. The number of rotatable bonds is 8. The normalized spacial score (nSPS) is 15.7. The maximum Gasteiger partial charge on any atom is 0.278 e. The van der Waals surface area contributed by atoms with Crippen LogP contribution in [0, 0.1) is 0 Å². The molecule has 2 aliphatic heterocycles. The molecule has 0 spiro atoms. The van der Waals surface area contributed by atoms with Gasteiger partial charge in [0.05, 0.1) is 23.4 Å². The van der Waals surface area contributed by atoms with Crippen LogP contribution in [0.15, 0.2) is 65.7 Å². The number of ether oxygens (including phenoxy) is 1. The number of piperazine rings is 1. The zero-order valence-corrected chi connectivity index (χ0v) is 26.7. The number of carbonyl (C=O) groups excluding carboxylic acids is 1. The number of nitrogens with zero attached hydrogens (tertiary/aromatic N) is 8. The van der Waals surface area contributed by atoms with Crippen LogP contribution in [0.3, 0.4) is 0 Å². The summed E-state index contributed by atoms with van der Waals surface area (Å²) in [5.41, 5.74) is 4.80. The molecule has 0 aliphatic carbocycles. The van der Waals surface area contributed by atoms with Gasteiger partial charge in [-0.15, -0.1) is 0 Å². The quantitative estimate of drug-likeness (QED) is 0.256. The van der Waals surface area contributed by atoms with E-state index in [2.05, 4.69) is 56.1 Å². The number of allylic oxidation sites excluding steroid dienone is 2. The van der Waals surface area contributed by atoms with Crippen LogP contribution in [-0.4, -0.2) is 81.1 Å². The molecule has 1 amide bonds. The first-order valence-electron chi connectivity index (χ1n) is 15.8. The Bertz CT molecular complexity index is 2030. The number of aryl methyl sites for hydroxylation is 1. The summed E-state index contributed by atoms with van der Waals surface area (Å²) in [4.78, 5) is 42.5. The molecule has 0 radical (unpaired) electrons. The van der Waals surface area contributed by atoms with E-state index in [-0.39, 0.29) is 18.1 Å². The minimum Gasteiger partial charge on any atom is -0.482 e. The molecule has 0 unspecified atom stereocenters. The molecular formula is C34H39N9O3. The average molecular weight is 622 g/mol. The topological polar surface area (TPSA) is 106 Å². The standard InChI is InChI=1S/C34H39N9O3/c1-5-7-12-42-33(45)26-21-35-34(36-23-18-27-25(10-13-39(27)4)28(19-23)40-16-14-38(3)15-17-40)37-32(26)43(42)24-8-9-30-29(20-24)41(11-6-2)31(44)22-46-30/h5,7-10,13,18-21H,6,11-12,14-17,22H2,1-4H3,(H,35,36,37)/b7-5-. The molecular weight excluding hydrogens is 582 g/mol. The van der Waals surface area contributed by atoms with E-state index in [4.69, 9.17) is 9.72 Å². The lowest BCUT2D eigenvalue weighted by molar-refractivity contribution is -0.121. The summed E-state index contributed by atoms with van der Waals surface area (Å²) in [6.07, 6.45) is 8.31. The average Bonchev–Trinajstić information content (AvgIpc) is 3.57. The molecule has 2 aromatic carbocycles. The molecule has 0 saturated carbocycles. The van der Waals surface area contributed by atoms with Crippen molar-refractivity contribution in [2.75, 3.05) is 61.5 Å². The number of hydrogen-bond acceptors (Lipinski definition) is 8. The van der Waals surface area contributed by atoms with E-state index in [9.17, 15) is 9.59 Å². The van der Waals surface area contributed by atoms with Crippen LogP contribution >= 0.6 is 0 Å². The second-order valence-corrected chi connectivity index (χ2v) is 12.0. The highest BCUT2D eigenvalue weighted by molar-refractivity contribution is 5.98. The van der Waals surface area contributed by atoms with Crippen molar-refractivity contribution in [2.24, 2.45) is 7.05 Å². The van der Waals surface area contributed by atoms with Gasteiger partial charge in [0.25, 0.3) is 11.5 Å². The zero-order valence-electron chi connectivity index (χ0n) is 26.7. The second kappa shape index (κ2) is 12.0. The highest BCUT2D eigenvalue weighted by atomic mass is 16.5. The molecule has 5 heterocycles. The van der Waals surface area contributed by atoms with Gasteiger partial charge in [-0.25, -0.2) is 14.3 Å². The third kappa shape index (κ3) is 5.18. The van der Waals surface area contributed by atoms with E-state index in [1.54, 1.807) is 15.8 Å². The predicted octanol–water partition coefficient (Wildman–Crippen LogP) is 4.28. The molecule has 1 saturated heterocycles. The van der Waals surface area contributed by atoms with Crippen LogP contribution in [0.5, 0.6) is 5.75 Å². The minimum absolute atomic E-state index is 0.0120. The summed E-state index contributed by atoms with van der Waals surface area (Å²) >= 11 is 0. The largest absolute Gasteiger partial charge is 0.482 e. The first-order valence-corrected chi connectivity index (χ1v) is 15.8. The number of carbonyl (C=O) groups is 1. The highest BCUT2D eigenvalue weighted by Gasteiger charge is 2.27. The van der Waals surface area contributed by atoms with Gasteiger partial charge in [-0.1, -0.05) is 19.1 Å². The van der Waals surface area contributed by atoms with Crippen molar-refractivity contribution in [1.82, 2.24) is 28.8 Å². The van der Waals surface area contributed by atoms with Gasteiger partial charge >= 0.3 is 0 Å². The van der Waals surface area contributed by atoms with Gasteiger partial charge in [-0.2, -0.15) is 4.98 Å². The summed E-state index contributed by atoms with van der Waals surface area (Å²) in [6, 6.07) is 12.1. The van der Waals surface area contributed by atoms with Gasteiger partial charge in [0.15, 0.2) is 12.3 Å². The van der Waals surface area contributed by atoms with Crippen molar-refractivity contribution in [3.05, 3.63) is 71.3 Å². The Morgan fingerprint density at radius 1 is 1.00 bits per heavy atom. The molecule has 1 fully saturated rings. The monoisotopic (exact) mass is 621 g/mol. The highest BCUT2D eigenvalue weighted by Crippen LogP contribution is 2.36. The van der Waals surface area contributed by atoms with Crippen molar-refractivity contribution in [2.45, 2.75) is 26.8 Å². The van der Waals surface area contributed by atoms with Crippen LogP contribution < -0.4 is 25.4 Å². The predicted molar refractivity (Wildman–Crippen MR) is 182 cm³/mol. The van der Waals surface area contributed by atoms with E-state index >= 15 is 0 Å². The summed E-state index contributed by atoms with van der Waals surface area (Å²) in [7, 11) is 4.21. The fraction of sp³-hybridized carbons (Fsp3) is 0.353. The van der Waals surface area contributed by atoms with Gasteiger partial charge in [0, 0.05) is 68.9 Å². The third-order valence-corrected chi connectivity index (χ3v) is 8.85. The van der Waals surface area contributed by atoms with Gasteiger partial charge in [0.1, 0.15) is 11.1 Å². The van der Waals surface area contributed by atoms with Crippen molar-refractivity contribution in [3.8, 4) is 11.4 Å². The molecule has 46 heavy (non-hydrogen) atoms. The Labute approximate surface area is 267 Å². The van der Waals surface area contributed by atoms with Gasteiger partial charge in [-0.05, 0) is 56.8 Å². The van der Waals surface area contributed by atoms with E-state index in [0.29, 0.717) is 47.2 Å². The van der Waals surface area contributed by atoms with Crippen LogP contribution in [-0.2, 0) is 18.4 Å². The molecule has 2 aliphatic rings. The lowest BCUT2D eigenvalue weighted by atomic mass is 10.1. The molecule has 1 N–H and O–H groups in total. The summed E-state index contributed by atoms with van der Waals surface area (Å²) in [6.45, 7) is 8.81. The summed E-state index contributed by atoms with van der Waals surface area (Å²) in [5.74, 6) is 0.932. The fourth-order valence-corrected chi connectivity index (χ4v) is 6.37. The lowest BCUT2D eigenvalue weighted by Gasteiger charge is -2.34. The third-order valence-electron chi connectivity index (χ3n) is 8.85. The number of benzene rings is 2. The number of fused-ring (bicyclic) bond motifs is 3. The van der Waals surface area contributed by atoms with Crippen molar-refractivity contribution in [1.29, 1.82) is 0 Å². The SMILES string of the molecule is C/C=C\Cn1c(=O)c2cnc(Nc3cc(N4CCN(C)CC4)c4ccn(C)c4c3)nc2n1-c1ccc2c(c1)N(CCC)C(=O)CO2. The van der Waals surface area contributed by atoms with Crippen LogP contribution in [0.2, 0.25) is 0 Å². The Kier molecular flexibility index (Phi) is 7.73. The molecule has 12 nitrogen and oxygen atoms in total. The number of aromatic nitrogens is 5. The van der Waals surface area contributed by atoms with Crippen molar-refractivity contribution >= 4 is 50.9 Å². The number of nitrogens with one attached hydrogen (secondary N) is 1. The van der Waals surface area contributed by atoms with E-state index in [1.165, 1.54) is 11.1 Å².